The average molecular weight is 282 g/mol. The van der Waals surface area contributed by atoms with E-state index in [1.807, 2.05) is 18.2 Å². The molecule has 1 N–H and O–H groups in total. The number of hydrogen-bond donors (Lipinski definition) is 1. The standard InChI is InChI=1S/C16H24ClNO/c1-2-18-12-16(13-7-6-8-14(17)11-13)19-15-9-4-3-5-10-15/h6-8,11,15-16,18H,2-5,9-10,12H2,1H3. The zero-order valence-electron chi connectivity index (χ0n) is 11.7. The van der Waals surface area contributed by atoms with Crippen molar-refractivity contribution in [1.29, 1.82) is 0 Å². The predicted octanol–water partition coefficient (Wildman–Crippen LogP) is 4.34. The molecule has 0 spiro atoms. The topological polar surface area (TPSA) is 21.3 Å². The van der Waals surface area contributed by atoms with E-state index in [4.69, 9.17) is 16.3 Å². The van der Waals surface area contributed by atoms with E-state index in [9.17, 15) is 0 Å². The largest absolute Gasteiger partial charge is 0.369 e. The molecular formula is C16H24ClNO. The molecule has 3 heteroatoms. The van der Waals surface area contributed by atoms with Crippen LogP contribution in [-0.2, 0) is 4.74 Å². The first-order chi connectivity index (χ1) is 9.29. The summed E-state index contributed by atoms with van der Waals surface area (Å²) in [6, 6.07) is 8.04. The van der Waals surface area contributed by atoms with E-state index in [1.54, 1.807) is 0 Å². The molecule has 1 aromatic rings. The van der Waals surface area contributed by atoms with Crippen molar-refractivity contribution in [3.8, 4) is 0 Å². The number of rotatable bonds is 6. The Bertz CT molecular complexity index is 377. The molecule has 0 aromatic heterocycles. The van der Waals surface area contributed by atoms with E-state index in [0.717, 1.165) is 18.1 Å². The van der Waals surface area contributed by atoms with Crippen LogP contribution in [0, 0.1) is 0 Å². The minimum Gasteiger partial charge on any atom is -0.369 e. The van der Waals surface area contributed by atoms with Gasteiger partial charge in [0.05, 0.1) is 12.2 Å². The lowest BCUT2D eigenvalue weighted by atomic mass is 9.97. The molecule has 0 heterocycles. The molecule has 106 valence electrons. The second kappa shape index (κ2) is 7.88. The second-order valence-corrected chi connectivity index (χ2v) is 5.68. The highest BCUT2D eigenvalue weighted by Crippen LogP contribution is 2.27. The summed E-state index contributed by atoms with van der Waals surface area (Å²) >= 11 is 6.09. The average Bonchev–Trinajstić information content (AvgIpc) is 2.44. The number of halogens is 1. The summed E-state index contributed by atoms with van der Waals surface area (Å²) in [5, 5.41) is 4.17. The molecule has 0 bridgehead atoms. The van der Waals surface area contributed by atoms with Crippen molar-refractivity contribution in [1.82, 2.24) is 5.32 Å². The minimum atomic E-state index is 0.113. The molecule has 1 aromatic carbocycles. The molecule has 1 saturated carbocycles. The van der Waals surface area contributed by atoms with Crippen molar-refractivity contribution in [2.24, 2.45) is 0 Å². The molecule has 2 nitrogen and oxygen atoms in total. The van der Waals surface area contributed by atoms with Gasteiger partial charge in [0.1, 0.15) is 0 Å². The lowest BCUT2D eigenvalue weighted by molar-refractivity contribution is -0.0304. The highest BCUT2D eigenvalue weighted by molar-refractivity contribution is 6.30. The summed E-state index contributed by atoms with van der Waals surface area (Å²) in [7, 11) is 0. The zero-order valence-corrected chi connectivity index (χ0v) is 12.5. The maximum absolute atomic E-state index is 6.31. The smallest absolute Gasteiger partial charge is 0.0953 e. The second-order valence-electron chi connectivity index (χ2n) is 5.25. The Kier molecular flexibility index (Phi) is 6.15. The SMILES string of the molecule is CCNCC(OC1CCCCC1)c1cccc(Cl)c1. The molecule has 19 heavy (non-hydrogen) atoms. The fourth-order valence-corrected chi connectivity index (χ4v) is 2.86. The van der Waals surface area contributed by atoms with Crippen molar-refractivity contribution >= 4 is 11.6 Å². The highest BCUT2D eigenvalue weighted by Gasteiger charge is 2.20. The molecule has 1 atom stereocenters. The summed E-state index contributed by atoms with van der Waals surface area (Å²) in [4.78, 5) is 0. The molecule has 0 saturated heterocycles. The Morgan fingerprint density at radius 1 is 1.32 bits per heavy atom. The van der Waals surface area contributed by atoms with Gasteiger partial charge >= 0.3 is 0 Å². The molecule has 0 amide bonds. The molecule has 2 rings (SSSR count). The van der Waals surface area contributed by atoms with Gasteiger partial charge in [0, 0.05) is 11.6 Å². The van der Waals surface area contributed by atoms with Crippen molar-refractivity contribution in [3.05, 3.63) is 34.9 Å². The van der Waals surface area contributed by atoms with E-state index in [0.29, 0.717) is 6.10 Å². The molecule has 1 unspecified atom stereocenters. The first kappa shape index (κ1) is 14.8. The van der Waals surface area contributed by atoms with E-state index in [2.05, 4.69) is 18.3 Å². The third-order valence-electron chi connectivity index (χ3n) is 3.71. The van der Waals surface area contributed by atoms with Gasteiger partial charge in [-0.1, -0.05) is 49.9 Å². The monoisotopic (exact) mass is 281 g/mol. The first-order valence-corrected chi connectivity index (χ1v) is 7.79. The van der Waals surface area contributed by atoms with Crippen LogP contribution in [0.25, 0.3) is 0 Å². The lowest BCUT2D eigenvalue weighted by Gasteiger charge is -2.28. The summed E-state index contributed by atoms with van der Waals surface area (Å²) in [5.74, 6) is 0. The van der Waals surface area contributed by atoms with Gasteiger partial charge in [0.25, 0.3) is 0 Å². The molecule has 0 aliphatic heterocycles. The van der Waals surface area contributed by atoms with Crippen molar-refractivity contribution in [2.75, 3.05) is 13.1 Å². The van der Waals surface area contributed by atoms with Crippen molar-refractivity contribution in [3.63, 3.8) is 0 Å². The van der Waals surface area contributed by atoms with E-state index in [1.165, 1.54) is 37.7 Å². The van der Waals surface area contributed by atoms with Crippen LogP contribution in [0.4, 0.5) is 0 Å². The Balaban J connectivity index is 2.01. The van der Waals surface area contributed by atoms with Crippen LogP contribution in [0.5, 0.6) is 0 Å². The van der Waals surface area contributed by atoms with E-state index in [-0.39, 0.29) is 6.10 Å². The highest BCUT2D eigenvalue weighted by atomic mass is 35.5. The summed E-state index contributed by atoms with van der Waals surface area (Å²) in [5.41, 5.74) is 1.18. The minimum absolute atomic E-state index is 0.113. The normalized spacial score (nSPS) is 18.4. The molecular weight excluding hydrogens is 258 g/mol. The summed E-state index contributed by atoms with van der Waals surface area (Å²) in [6.45, 7) is 3.94. The third-order valence-corrected chi connectivity index (χ3v) is 3.94. The van der Waals surface area contributed by atoms with Gasteiger partial charge in [0.15, 0.2) is 0 Å². The van der Waals surface area contributed by atoms with Gasteiger partial charge in [-0.15, -0.1) is 0 Å². The number of benzene rings is 1. The van der Waals surface area contributed by atoms with Gasteiger partial charge in [-0.05, 0) is 37.1 Å². The molecule has 1 aliphatic rings. The van der Waals surface area contributed by atoms with Crippen LogP contribution in [-0.4, -0.2) is 19.2 Å². The van der Waals surface area contributed by atoms with Crippen LogP contribution >= 0.6 is 11.6 Å². The van der Waals surface area contributed by atoms with Crippen LogP contribution in [0.3, 0.4) is 0 Å². The predicted molar refractivity (Wildman–Crippen MR) is 80.7 cm³/mol. The number of nitrogens with one attached hydrogen (secondary N) is 1. The Morgan fingerprint density at radius 3 is 2.79 bits per heavy atom. The van der Waals surface area contributed by atoms with Gasteiger partial charge in [0.2, 0.25) is 0 Å². The van der Waals surface area contributed by atoms with Crippen molar-refractivity contribution in [2.45, 2.75) is 51.2 Å². The van der Waals surface area contributed by atoms with Crippen LogP contribution < -0.4 is 5.32 Å². The maximum Gasteiger partial charge on any atom is 0.0953 e. The Labute approximate surface area is 121 Å². The van der Waals surface area contributed by atoms with Gasteiger partial charge in [-0.3, -0.25) is 0 Å². The van der Waals surface area contributed by atoms with Gasteiger partial charge < -0.3 is 10.1 Å². The number of likely N-dealkylation sites (N-methyl/N-ethyl adjacent to an activating group) is 1. The van der Waals surface area contributed by atoms with E-state index >= 15 is 0 Å². The van der Waals surface area contributed by atoms with Gasteiger partial charge in [-0.2, -0.15) is 0 Å². The van der Waals surface area contributed by atoms with Crippen LogP contribution in [0.2, 0.25) is 5.02 Å². The fourth-order valence-electron chi connectivity index (χ4n) is 2.66. The molecule has 1 aliphatic carbocycles. The van der Waals surface area contributed by atoms with Gasteiger partial charge in [-0.25, -0.2) is 0 Å². The fraction of sp³-hybridized carbons (Fsp3) is 0.625. The number of hydrogen-bond acceptors (Lipinski definition) is 2. The third kappa shape index (κ3) is 4.79. The lowest BCUT2D eigenvalue weighted by Crippen LogP contribution is -2.27. The summed E-state index contributed by atoms with van der Waals surface area (Å²) < 4.78 is 6.31. The molecule has 0 radical (unpaired) electrons. The van der Waals surface area contributed by atoms with E-state index < -0.39 is 0 Å². The zero-order chi connectivity index (χ0) is 13.5. The first-order valence-electron chi connectivity index (χ1n) is 7.41. The van der Waals surface area contributed by atoms with Crippen LogP contribution in [0.1, 0.15) is 50.7 Å². The maximum atomic E-state index is 6.31. The Hall–Kier alpha value is -0.570. The quantitative estimate of drug-likeness (QED) is 0.837. The molecule has 1 fully saturated rings. The van der Waals surface area contributed by atoms with Crippen LogP contribution in [0.15, 0.2) is 24.3 Å². The van der Waals surface area contributed by atoms with Crippen molar-refractivity contribution < 1.29 is 4.74 Å². The number of ether oxygens (including phenoxy) is 1. The Morgan fingerprint density at radius 2 is 2.11 bits per heavy atom. The summed E-state index contributed by atoms with van der Waals surface area (Å²) in [6.07, 6.45) is 6.88.